The maximum absolute atomic E-state index is 12.8. The number of nitrogens with zero attached hydrogens (tertiary/aromatic N) is 1. The van der Waals surface area contributed by atoms with Crippen molar-refractivity contribution in [3.63, 3.8) is 0 Å². The van der Waals surface area contributed by atoms with Crippen LogP contribution >= 0.6 is 0 Å². The number of ether oxygens (including phenoxy) is 1. The number of ketones is 1. The van der Waals surface area contributed by atoms with Gasteiger partial charge in [-0.15, -0.1) is 0 Å². The lowest BCUT2D eigenvalue weighted by Crippen LogP contribution is -2.65. The van der Waals surface area contributed by atoms with Crippen LogP contribution in [0, 0.1) is 5.41 Å². The van der Waals surface area contributed by atoms with Gasteiger partial charge in [0.1, 0.15) is 5.60 Å². The van der Waals surface area contributed by atoms with Gasteiger partial charge in [-0.1, -0.05) is 32.9 Å². The van der Waals surface area contributed by atoms with Crippen LogP contribution in [0.4, 0.5) is 4.79 Å². The normalized spacial score (nSPS) is 26.9. The number of fused-ring (bicyclic) bond motifs is 4. The van der Waals surface area contributed by atoms with Crippen LogP contribution in [-0.2, 0) is 16.6 Å². The van der Waals surface area contributed by atoms with E-state index < -0.39 is 5.60 Å². The van der Waals surface area contributed by atoms with Crippen molar-refractivity contribution in [1.29, 1.82) is 0 Å². The minimum absolute atomic E-state index is 0.0742. The molecule has 4 nitrogen and oxygen atoms in total. The number of piperidine rings is 1. The summed E-state index contributed by atoms with van der Waals surface area (Å²) in [6.07, 6.45) is 1.45. The van der Waals surface area contributed by atoms with Gasteiger partial charge in [0.15, 0.2) is 5.78 Å². The number of Topliss-reactive ketones (excluding diaryl/α,β-unsaturated/α-hetero) is 1. The molecule has 4 heteroatoms. The van der Waals surface area contributed by atoms with Crippen LogP contribution in [0.5, 0.6) is 0 Å². The molecule has 0 N–H and O–H groups in total. The summed E-state index contributed by atoms with van der Waals surface area (Å²) in [5.41, 5.74) is 2.62. The van der Waals surface area contributed by atoms with Crippen LogP contribution in [0.2, 0.25) is 0 Å². The molecule has 1 aromatic carbocycles. The molecule has 0 radical (unpaired) electrons. The molecule has 1 amide bonds. The predicted molar refractivity (Wildman–Crippen MR) is 103 cm³/mol. The van der Waals surface area contributed by atoms with Crippen LogP contribution in [0.25, 0.3) is 0 Å². The fraction of sp³-hybridized carbons (Fsp3) is 0.636. The van der Waals surface area contributed by atoms with Gasteiger partial charge >= 0.3 is 6.09 Å². The number of carbonyl (C=O) groups excluding carboxylic acids is 2. The Morgan fingerprint density at radius 3 is 2.42 bits per heavy atom. The first-order valence-corrected chi connectivity index (χ1v) is 9.51. The second kappa shape index (κ2) is 5.83. The molecule has 2 aliphatic rings. The van der Waals surface area contributed by atoms with Crippen molar-refractivity contribution < 1.29 is 14.3 Å². The molecule has 26 heavy (non-hydrogen) atoms. The van der Waals surface area contributed by atoms with Crippen molar-refractivity contribution >= 4 is 11.9 Å². The van der Waals surface area contributed by atoms with Crippen LogP contribution < -0.4 is 0 Å². The van der Waals surface area contributed by atoms with Gasteiger partial charge in [-0.3, -0.25) is 4.79 Å². The molecule has 2 bridgehead atoms. The third-order valence-electron chi connectivity index (χ3n) is 6.64. The van der Waals surface area contributed by atoms with Gasteiger partial charge in [-0.25, -0.2) is 4.79 Å². The van der Waals surface area contributed by atoms with Crippen molar-refractivity contribution in [2.24, 2.45) is 5.41 Å². The van der Waals surface area contributed by atoms with Gasteiger partial charge in [0.2, 0.25) is 0 Å². The van der Waals surface area contributed by atoms with E-state index in [0.29, 0.717) is 6.54 Å². The molecule has 2 atom stereocenters. The highest BCUT2D eigenvalue weighted by Crippen LogP contribution is 2.56. The fourth-order valence-electron chi connectivity index (χ4n) is 4.66. The molecule has 1 aliphatic carbocycles. The Kier molecular flexibility index (Phi) is 4.25. The molecule has 0 saturated carbocycles. The summed E-state index contributed by atoms with van der Waals surface area (Å²) in [7, 11) is 0. The monoisotopic (exact) mass is 357 g/mol. The van der Waals surface area contributed by atoms with Crippen molar-refractivity contribution in [3.05, 3.63) is 34.9 Å². The van der Waals surface area contributed by atoms with Gasteiger partial charge in [0.25, 0.3) is 0 Å². The zero-order valence-electron chi connectivity index (χ0n) is 17.1. The van der Waals surface area contributed by atoms with Gasteiger partial charge in [0, 0.05) is 23.6 Å². The quantitative estimate of drug-likeness (QED) is 0.682. The molecule has 1 heterocycles. The number of hydrogen-bond donors (Lipinski definition) is 0. The molecule has 2 unspecified atom stereocenters. The lowest BCUT2D eigenvalue weighted by atomic mass is 9.51. The highest BCUT2D eigenvalue weighted by Gasteiger charge is 2.57. The van der Waals surface area contributed by atoms with Crippen LogP contribution in [0.1, 0.15) is 76.4 Å². The van der Waals surface area contributed by atoms with Gasteiger partial charge in [-0.2, -0.15) is 0 Å². The van der Waals surface area contributed by atoms with Gasteiger partial charge in [-0.05, 0) is 63.1 Å². The number of carbonyl (C=O) groups is 2. The minimum Gasteiger partial charge on any atom is -0.444 e. The third-order valence-corrected chi connectivity index (χ3v) is 6.64. The zero-order valence-corrected chi connectivity index (χ0v) is 17.1. The summed E-state index contributed by atoms with van der Waals surface area (Å²) in [5, 5.41) is 0. The molecule has 1 aliphatic heterocycles. The maximum Gasteiger partial charge on any atom is 0.410 e. The zero-order chi connectivity index (χ0) is 19.5. The molecule has 1 aromatic rings. The Morgan fingerprint density at radius 2 is 1.85 bits per heavy atom. The molecule has 0 spiro atoms. The van der Waals surface area contributed by atoms with E-state index in [-0.39, 0.29) is 28.7 Å². The van der Waals surface area contributed by atoms with Gasteiger partial charge in [0.05, 0.1) is 0 Å². The van der Waals surface area contributed by atoms with Crippen LogP contribution in [0.3, 0.4) is 0 Å². The summed E-state index contributed by atoms with van der Waals surface area (Å²) in [5.74, 6) is 0.0996. The SMILES string of the molecule is CC(=O)c1ccc2c(c1)C1(C)CCN(C(=O)OC(C)(C)C)C(C2)C1(C)C. The first kappa shape index (κ1) is 18.9. The van der Waals surface area contributed by atoms with Crippen molar-refractivity contribution in [3.8, 4) is 0 Å². The number of rotatable bonds is 1. The van der Waals surface area contributed by atoms with E-state index in [1.807, 2.05) is 31.7 Å². The number of benzene rings is 1. The Balaban J connectivity index is 2.03. The Hall–Kier alpha value is -1.84. The summed E-state index contributed by atoms with van der Waals surface area (Å²) < 4.78 is 5.68. The largest absolute Gasteiger partial charge is 0.444 e. The van der Waals surface area contributed by atoms with Crippen LogP contribution in [-0.4, -0.2) is 35.0 Å². The lowest BCUT2D eigenvalue weighted by molar-refractivity contribution is -0.0521. The summed E-state index contributed by atoms with van der Waals surface area (Å²) >= 11 is 0. The second-order valence-electron chi connectivity index (χ2n) is 9.63. The first-order valence-electron chi connectivity index (χ1n) is 9.51. The van der Waals surface area contributed by atoms with Crippen molar-refractivity contribution in [2.75, 3.05) is 6.54 Å². The fourth-order valence-corrected chi connectivity index (χ4v) is 4.66. The summed E-state index contributed by atoms with van der Waals surface area (Å²) in [6.45, 7) is 14.8. The molecule has 1 fully saturated rings. The molecule has 142 valence electrons. The molecule has 0 aromatic heterocycles. The Morgan fingerprint density at radius 1 is 1.19 bits per heavy atom. The van der Waals surface area contributed by atoms with Crippen LogP contribution in [0.15, 0.2) is 18.2 Å². The predicted octanol–water partition coefficient (Wildman–Crippen LogP) is 4.74. The van der Waals surface area contributed by atoms with E-state index in [2.05, 4.69) is 32.9 Å². The van der Waals surface area contributed by atoms with E-state index in [9.17, 15) is 9.59 Å². The topological polar surface area (TPSA) is 46.6 Å². The van der Waals surface area contributed by atoms with Gasteiger partial charge < -0.3 is 9.64 Å². The minimum atomic E-state index is -0.495. The Labute approximate surface area is 156 Å². The van der Waals surface area contributed by atoms with E-state index in [4.69, 9.17) is 4.74 Å². The van der Waals surface area contributed by atoms with Crippen molar-refractivity contribution in [2.45, 2.75) is 78.4 Å². The number of likely N-dealkylation sites (tertiary alicyclic amines) is 1. The third kappa shape index (κ3) is 2.83. The number of hydrogen-bond acceptors (Lipinski definition) is 3. The first-order chi connectivity index (χ1) is 11.9. The van der Waals surface area contributed by atoms with E-state index in [1.165, 1.54) is 11.1 Å². The van der Waals surface area contributed by atoms with Crippen molar-refractivity contribution in [1.82, 2.24) is 4.90 Å². The maximum atomic E-state index is 12.8. The summed E-state index contributed by atoms with van der Waals surface area (Å²) in [4.78, 5) is 26.6. The molecule has 1 saturated heterocycles. The summed E-state index contributed by atoms with van der Waals surface area (Å²) in [6, 6.07) is 6.16. The standard InChI is InChI=1S/C22H31NO3/c1-14(24)15-8-9-16-13-18-21(5,6)22(7,17(16)12-15)10-11-23(18)19(25)26-20(2,3)4/h8-9,12,18H,10-11,13H2,1-7H3. The molecule has 3 rings (SSSR count). The molecular formula is C22H31NO3. The van der Waals surface area contributed by atoms with E-state index in [0.717, 1.165) is 18.4 Å². The Bertz CT molecular complexity index is 759. The smallest absolute Gasteiger partial charge is 0.410 e. The molecular weight excluding hydrogens is 326 g/mol. The second-order valence-corrected chi connectivity index (χ2v) is 9.63. The average molecular weight is 357 g/mol. The highest BCUT2D eigenvalue weighted by molar-refractivity contribution is 5.94. The lowest BCUT2D eigenvalue weighted by Gasteiger charge is -2.60. The average Bonchev–Trinajstić information content (AvgIpc) is 2.48. The highest BCUT2D eigenvalue weighted by atomic mass is 16.6. The van der Waals surface area contributed by atoms with E-state index in [1.54, 1.807) is 6.92 Å². The number of amides is 1. The van der Waals surface area contributed by atoms with E-state index >= 15 is 0 Å².